The van der Waals surface area contributed by atoms with Gasteiger partial charge in [0.25, 0.3) is 0 Å². The van der Waals surface area contributed by atoms with Crippen molar-refractivity contribution >= 4 is 28.1 Å². The summed E-state index contributed by atoms with van der Waals surface area (Å²) in [6.07, 6.45) is 1.97. The van der Waals surface area contributed by atoms with E-state index in [-0.39, 0.29) is 0 Å². The van der Waals surface area contributed by atoms with Gasteiger partial charge in [0, 0.05) is 5.02 Å². The van der Waals surface area contributed by atoms with Crippen molar-refractivity contribution in [3.63, 3.8) is 0 Å². The van der Waals surface area contributed by atoms with Crippen LogP contribution in [0.25, 0.3) is 10.4 Å². The largest absolute Gasteiger partial charge is 0.375 e. The number of anilines is 1. The summed E-state index contributed by atoms with van der Waals surface area (Å²) in [6.45, 7) is 0. The summed E-state index contributed by atoms with van der Waals surface area (Å²) in [6, 6.07) is 6.02. The van der Waals surface area contributed by atoms with E-state index >= 15 is 0 Å². The van der Waals surface area contributed by atoms with Crippen LogP contribution >= 0.6 is 22.9 Å². The van der Waals surface area contributed by atoms with Gasteiger partial charge in [0.05, 0.1) is 10.6 Å². The van der Waals surface area contributed by atoms with Gasteiger partial charge < -0.3 is 5.73 Å². The van der Waals surface area contributed by atoms with Crippen LogP contribution in [-0.2, 0) is 12.8 Å². The lowest BCUT2D eigenvalue weighted by atomic mass is 9.94. The summed E-state index contributed by atoms with van der Waals surface area (Å²) in [4.78, 5) is 5.55. The van der Waals surface area contributed by atoms with Crippen LogP contribution in [0.1, 0.15) is 11.3 Å². The molecule has 15 heavy (non-hydrogen) atoms. The highest BCUT2D eigenvalue weighted by molar-refractivity contribution is 7.18. The van der Waals surface area contributed by atoms with Gasteiger partial charge in [-0.15, -0.1) is 0 Å². The number of nitrogens with zero attached hydrogens (tertiary/aromatic N) is 1. The van der Waals surface area contributed by atoms with Crippen LogP contribution in [-0.4, -0.2) is 4.98 Å². The van der Waals surface area contributed by atoms with E-state index in [4.69, 9.17) is 17.3 Å². The summed E-state index contributed by atoms with van der Waals surface area (Å²) in [5, 5.41) is 1.46. The maximum atomic E-state index is 5.97. The topological polar surface area (TPSA) is 38.9 Å². The highest BCUT2D eigenvalue weighted by Gasteiger charge is 2.19. The van der Waals surface area contributed by atoms with Crippen molar-refractivity contribution in [3.8, 4) is 10.4 Å². The zero-order chi connectivity index (χ0) is 10.4. The molecule has 2 nitrogen and oxygen atoms in total. The van der Waals surface area contributed by atoms with E-state index in [0.717, 1.165) is 23.6 Å². The number of halogens is 1. The van der Waals surface area contributed by atoms with E-state index in [1.807, 2.05) is 12.1 Å². The molecule has 1 aliphatic rings. The number of aromatic nitrogens is 1. The average molecular weight is 237 g/mol. The summed E-state index contributed by atoms with van der Waals surface area (Å²) in [5.41, 5.74) is 9.41. The van der Waals surface area contributed by atoms with Crippen LogP contribution < -0.4 is 5.73 Å². The average Bonchev–Trinajstić information content (AvgIpc) is 2.58. The van der Waals surface area contributed by atoms with Crippen molar-refractivity contribution in [3.05, 3.63) is 34.5 Å². The number of nitrogen functional groups attached to an aromatic ring is 1. The molecule has 2 aromatic rings. The molecule has 2 N–H and O–H groups in total. The molecule has 0 amide bonds. The first-order chi connectivity index (χ1) is 7.24. The van der Waals surface area contributed by atoms with Gasteiger partial charge >= 0.3 is 0 Å². The van der Waals surface area contributed by atoms with Crippen LogP contribution in [0, 0.1) is 0 Å². The molecule has 1 aliphatic carbocycles. The van der Waals surface area contributed by atoms with Crippen molar-refractivity contribution in [2.24, 2.45) is 0 Å². The number of nitrogens with two attached hydrogens (primary N) is 1. The summed E-state index contributed by atoms with van der Waals surface area (Å²) >= 11 is 7.53. The molecule has 4 heteroatoms. The summed E-state index contributed by atoms with van der Waals surface area (Å²) in [7, 11) is 0. The third-order valence-corrected chi connectivity index (χ3v) is 3.85. The molecule has 1 heterocycles. The van der Waals surface area contributed by atoms with Crippen LogP contribution in [0.3, 0.4) is 0 Å². The summed E-state index contributed by atoms with van der Waals surface area (Å²) in [5.74, 6) is 0. The molecule has 0 bridgehead atoms. The van der Waals surface area contributed by atoms with E-state index in [0.29, 0.717) is 5.13 Å². The van der Waals surface area contributed by atoms with E-state index in [2.05, 4.69) is 11.1 Å². The highest BCUT2D eigenvalue weighted by Crippen LogP contribution is 2.39. The molecule has 0 atom stereocenters. The number of hydrogen-bond acceptors (Lipinski definition) is 3. The standard InChI is InChI=1S/C11H9ClN2S/c12-7-2-3-8-6(5-7)1-4-9-10(8)15-11(13)14-9/h2-3,5H,1,4H2,(H2,13,14). The molecule has 0 radical (unpaired) electrons. The van der Waals surface area contributed by atoms with Crippen molar-refractivity contribution in [2.45, 2.75) is 12.8 Å². The fourth-order valence-electron chi connectivity index (χ4n) is 1.99. The minimum atomic E-state index is 0.655. The van der Waals surface area contributed by atoms with E-state index < -0.39 is 0 Å². The minimum absolute atomic E-state index is 0.655. The smallest absolute Gasteiger partial charge is 0.180 e. The lowest BCUT2D eigenvalue weighted by molar-refractivity contribution is 0.912. The Morgan fingerprint density at radius 3 is 3.07 bits per heavy atom. The van der Waals surface area contributed by atoms with Crippen molar-refractivity contribution in [1.29, 1.82) is 0 Å². The van der Waals surface area contributed by atoms with Crippen molar-refractivity contribution < 1.29 is 0 Å². The van der Waals surface area contributed by atoms with Crippen LogP contribution in [0.5, 0.6) is 0 Å². The number of hydrogen-bond donors (Lipinski definition) is 1. The predicted octanol–water partition coefficient (Wildman–Crippen LogP) is 3.14. The zero-order valence-corrected chi connectivity index (χ0v) is 9.53. The molecule has 1 aromatic heterocycles. The van der Waals surface area contributed by atoms with E-state index in [9.17, 15) is 0 Å². The number of fused-ring (bicyclic) bond motifs is 3. The fraction of sp³-hybridized carbons (Fsp3) is 0.182. The second kappa shape index (κ2) is 3.22. The van der Waals surface area contributed by atoms with Crippen LogP contribution in [0.4, 0.5) is 5.13 Å². The Balaban J connectivity index is 2.25. The molecule has 76 valence electrons. The molecule has 0 saturated carbocycles. The molecule has 0 unspecified atom stereocenters. The molecule has 0 spiro atoms. The van der Waals surface area contributed by atoms with Gasteiger partial charge in [0.1, 0.15) is 0 Å². The zero-order valence-electron chi connectivity index (χ0n) is 7.96. The first kappa shape index (κ1) is 9.19. The number of thiazole rings is 1. The SMILES string of the molecule is Nc1nc2c(s1)-c1ccc(Cl)cc1CC2. The predicted molar refractivity (Wildman–Crippen MR) is 64.4 cm³/mol. The van der Waals surface area contributed by atoms with Crippen LogP contribution in [0.15, 0.2) is 18.2 Å². The van der Waals surface area contributed by atoms with E-state index in [1.165, 1.54) is 16.0 Å². The lowest BCUT2D eigenvalue weighted by Gasteiger charge is -2.14. The monoisotopic (exact) mass is 236 g/mol. The molecule has 3 rings (SSSR count). The minimum Gasteiger partial charge on any atom is -0.375 e. The number of rotatable bonds is 0. The lowest BCUT2D eigenvalue weighted by Crippen LogP contribution is -2.02. The number of aryl methyl sites for hydroxylation is 2. The molecular weight excluding hydrogens is 228 g/mol. The van der Waals surface area contributed by atoms with Gasteiger partial charge in [-0.1, -0.05) is 29.0 Å². The Kier molecular flexibility index (Phi) is 1.97. The van der Waals surface area contributed by atoms with Crippen LogP contribution in [0.2, 0.25) is 5.02 Å². The number of benzene rings is 1. The van der Waals surface area contributed by atoms with Gasteiger partial charge in [0.2, 0.25) is 0 Å². The molecule has 1 aromatic carbocycles. The molecule has 0 aliphatic heterocycles. The Morgan fingerprint density at radius 2 is 2.20 bits per heavy atom. The van der Waals surface area contributed by atoms with Gasteiger partial charge in [-0.2, -0.15) is 0 Å². The maximum Gasteiger partial charge on any atom is 0.180 e. The fourth-order valence-corrected chi connectivity index (χ4v) is 3.13. The Labute approximate surface area is 96.7 Å². The van der Waals surface area contributed by atoms with Gasteiger partial charge in [0.15, 0.2) is 5.13 Å². The van der Waals surface area contributed by atoms with Gasteiger partial charge in [-0.3, -0.25) is 0 Å². The first-order valence-electron chi connectivity index (χ1n) is 4.78. The first-order valence-corrected chi connectivity index (χ1v) is 5.97. The molecular formula is C11H9ClN2S. The quantitative estimate of drug-likeness (QED) is 0.763. The van der Waals surface area contributed by atoms with Gasteiger partial charge in [-0.25, -0.2) is 4.98 Å². The van der Waals surface area contributed by atoms with Crippen molar-refractivity contribution in [1.82, 2.24) is 4.98 Å². The summed E-state index contributed by atoms with van der Waals surface area (Å²) < 4.78 is 0. The normalized spacial score (nSPS) is 13.4. The Bertz CT molecular complexity index is 533. The van der Waals surface area contributed by atoms with Crippen molar-refractivity contribution in [2.75, 3.05) is 5.73 Å². The Morgan fingerprint density at radius 1 is 1.33 bits per heavy atom. The third-order valence-electron chi connectivity index (χ3n) is 2.66. The second-order valence-corrected chi connectivity index (χ2v) is 5.10. The molecule has 0 fully saturated rings. The van der Waals surface area contributed by atoms with E-state index in [1.54, 1.807) is 11.3 Å². The molecule has 0 saturated heterocycles. The van der Waals surface area contributed by atoms with Gasteiger partial charge in [-0.05, 0) is 36.1 Å². The highest BCUT2D eigenvalue weighted by atomic mass is 35.5. The third kappa shape index (κ3) is 1.43. The maximum absolute atomic E-state index is 5.97. The second-order valence-electron chi connectivity index (χ2n) is 3.63. The Hall–Kier alpha value is -1.06.